The third kappa shape index (κ3) is 5.89. The molecule has 21 heavy (non-hydrogen) atoms. The molecule has 6 nitrogen and oxygen atoms in total. The number of aliphatic hydroxyl groups excluding tert-OH is 2. The Hall–Kier alpha value is -1.34. The van der Waals surface area contributed by atoms with Gasteiger partial charge in [0.05, 0.1) is 33.0 Å². The van der Waals surface area contributed by atoms with E-state index in [1.165, 1.54) is 0 Å². The van der Waals surface area contributed by atoms with Crippen LogP contribution in [0.15, 0.2) is 18.2 Å². The second-order valence-corrected chi connectivity index (χ2v) is 4.73. The van der Waals surface area contributed by atoms with Gasteiger partial charge in [0.1, 0.15) is 11.5 Å². The van der Waals surface area contributed by atoms with Gasteiger partial charge >= 0.3 is 0 Å². The Labute approximate surface area is 125 Å². The number of hydrogen-bond acceptors (Lipinski definition) is 6. The topological polar surface area (TPSA) is 80.2 Å². The molecule has 1 aromatic rings. The van der Waals surface area contributed by atoms with Crippen molar-refractivity contribution in [2.75, 3.05) is 41.0 Å². The quantitative estimate of drug-likeness (QED) is 0.553. The van der Waals surface area contributed by atoms with Crippen molar-refractivity contribution >= 4 is 0 Å². The van der Waals surface area contributed by atoms with E-state index in [-0.39, 0.29) is 0 Å². The maximum absolute atomic E-state index is 10.2. The summed E-state index contributed by atoms with van der Waals surface area (Å²) in [5, 5.41) is 22.9. The van der Waals surface area contributed by atoms with Crippen molar-refractivity contribution in [3.05, 3.63) is 23.8 Å². The molecule has 2 atom stereocenters. The molecule has 120 valence electrons. The minimum atomic E-state index is -0.713. The number of aliphatic hydroxyl groups is 2. The van der Waals surface area contributed by atoms with Crippen molar-refractivity contribution in [3.8, 4) is 11.5 Å². The lowest BCUT2D eigenvalue weighted by molar-refractivity contribution is 0.0586. The van der Waals surface area contributed by atoms with Crippen LogP contribution in [0.1, 0.15) is 18.1 Å². The van der Waals surface area contributed by atoms with E-state index >= 15 is 0 Å². The summed E-state index contributed by atoms with van der Waals surface area (Å²) in [5.41, 5.74) is 0.668. The van der Waals surface area contributed by atoms with Crippen molar-refractivity contribution in [1.82, 2.24) is 5.32 Å². The maximum atomic E-state index is 10.2. The fraction of sp³-hybridized carbons (Fsp3) is 0.600. The zero-order valence-electron chi connectivity index (χ0n) is 12.8. The van der Waals surface area contributed by atoms with Gasteiger partial charge in [0.15, 0.2) is 0 Å². The molecular weight excluding hydrogens is 274 g/mol. The Morgan fingerprint density at radius 1 is 1.14 bits per heavy atom. The number of rotatable bonds is 10. The number of nitrogens with one attached hydrogen (secondary N) is 1. The molecule has 0 bridgehead atoms. The zero-order chi connectivity index (χ0) is 15.7. The lowest BCUT2D eigenvalue weighted by atomic mass is 10.1. The van der Waals surface area contributed by atoms with Crippen molar-refractivity contribution in [2.45, 2.75) is 18.6 Å². The van der Waals surface area contributed by atoms with Gasteiger partial charge in [0.25, 0.3) is 0 Å². The normalized spacial score (nSPS) is 13.8. The standard InChI is InChI=1S/C15H25NO5/c1-19-10-11(17)6-7-16-9-14(18)13-8-12(20-2)4-5-15(13)21-3/h4-5,8,11,14,16-18H,6-7,9-10H2,1-3H3. The van der Waals surface area contributed by atoms with Crippen molar-refractivity contribution in [2.24, 2.45) is 0 Å². The molecule has 0 amide bonds. The van der Waals surface area contributed by atoms with Gasteiger partial charge in [-0.2, -0.15) is 0 Å². The van der Waals surface area contributed by atoms with Crippen LogP contribution in [0, 0.1) is 0 Å². The largest absolute Gasteiger partial charge is 0.497 e. The van der Waals surface area contributed by atoms with Crippen LogP contribution in [0.5, 0.6) is 11.5 Å². The summed E-state index contributed by atoms with van der Waals surface area (Å²) in [4.78, 5) is 0. The molecule has 0 aliphatic rings. The van der Waals surface area contributed by atoms with Crippen molar-refractivity contribution in [3.63, 3.8) is 0 Å². The van der Waals surface area contributed by atoms with E-state index in [1.54, 1.807) is 39.5 Å². The van der Waals surface area contributed by atoms with E-state index in [1.807, 2.05) is 0 Å². The molecule has 0 fully saturated rings. The first-order chi connectivity index (χ1) is 10.1. The number of ether oxygens (including phenoxy) is 3. The van der Waals surface area contributed by atoms with Gasteiger partial charge < -0.3 is 29.7 Å². The highest BCUT2D eigenvalue weighted by atomic mass is 16.5. The Bertz CT molecular complexity index is 413. The van der Waals surface area contributed by atoms with Crippen LogP contribution >= 0.6 is 0 Å². The molecule has 6 heteroatoms. The molecule has 3 N–H and O–H groups in total. The SMILES string of the molecule is COCC(O)CCNCC(O)c1cc(OC)ccc1OC. The minimum Gasteiger partial charge on any atom is -0.497 e. The predicted octanol–water partition coefficient (Wildman–Crippen LogP) is 0.724. The van der Waals surface area contributed by atoms with Crippen LogP contribution in [0.25, 0.3) is 0 Å². The summed E-state index contributed by atoms with van der Waals surface area (Å²) in [7, 11) is 4.69. The van der Waals surface area contributed by atoms with E-state index < -0.39 is 12.2 Å². The molecule has 0 aliphatic heterocycles. The van der Waals surface area contributed by atoms with Crippen LogP contribution in [0.4, 0.5) is 0 Å². The number of methoxy groups -OCH3 is 3. The first-order valence-electron chi connectivity index (χ1n) is 6.90. The van der Waals surface area contributed by atoms with Gasteiger partial charge in [0.2, 0.25) is 0 Å². The first-order valence-corrected chi connectivity index (χ1v) is 6.90. The molecule has 0 saturated carbocycles. The van der Waals surface area contributed by atoms with Crippen LogP contribution in [0.2, 0.25) is 0 Å². The minimum absolute atomic E-state index is 0.313. The maximum Gasteiger partial charge on any atom is 0.124 e. The predicted molar refractivity (Wildman–Crippen MR) is 79.9 cm³/mol. The Kier molecular flexibility index (Phi) is 8.07. The van der Waals surface area contributed by atoms with Gasteiger partial charge in [-0.15, -0.1) is 0 Å². The summed E-state index contributed by atoms with van der Waals surface area (Å²) in [5.74, 6) is 1.28. The molecule has 1 rings (SSSR count). The third-order valence-electron chi connectivity index (χ3n) is 3.15. The first kappa shape index (κ1) is 17.7. The summed E-state index contributed by atoms with van der Waals surface area (Å²) < 4.78 is 15.2. The molecule has 0 spiro atoms. The van der Waals surface area contributed by atoms with E-state index in [0.29, 0.717) is 43.2 Å². The highest BCUT2D eigenvalue weighted by Crippen LogP contribution is 2.28. The monoisotopic (exact) mass is 299 g/mol. The van der Waals surface area contributed by atoms with E-state index in [4.69, 9.17) is 14.2 Å². The Morgan fingerprint density at radius 3 is 2.52 bits per heavy atom. The van der Waals surface area contributed by atoms with Crippen molar-refractivity contribution in [1.29, 1.82) is 0 Å². The van der Waals surface area contributed by atoms with Crippen LogP contribution in [0.3, 0.4) is 0 Å². The smallest absolute Gasteiger partial charge is 0.124 e. The molecule has 0 saturated heterocycles. The summed E-state index contributed by atoms with van der Waals surface area (Å²) >= 11 is 0. The molecule has 2 unspecified atom stereocenters. The summed E-state index contributed by atoms with van der Waals surface area (Å²) in [6.07, 6.45) is -0.642. The Morgan fingerprint density at radius 2 is 1.90 bits per heavy atom. The summed E-state index contributed by atoms with van der Waals surface area (Å²) in [6, 6.07) is 5.30. The van der Waals surface area contributed by atoms with Gasteiger partial charge in [0, 0.05) is 19.2 Å². The van der Waals surface area contributed by atoms with Crippen LogP contribution in [-0.4, -0.2) is 57.3 Å². The van der Waals surface area contributed by atoms with Gasteiger partial charge in [-0.05, 0) is 31.2 Å². The molecule has 0 radical (unpaired) electrons. The van der Waals surface area contributed by atoms with E-state index in [9.17, 15) is 10.2 Å². The third-order valence-corrected chi connectivity index (χ3v) is 3.15. The van der Waals surface area contributed by atoms with Crippen LogP contribution in [-0.2, 0) is 4.74 Å². The summed E-state index contributed by atoms with van der Waals surface area (Å²) in [6.45, 7) is 1.27. The van der Waals surface area contributed by atoms with E-state index in [2.05, 4.69) is 5.32 Å². The Balaban J connectivity index is 2.49. The molecule has 0 aromatic heterocycles. The van der Waals surface area contributed by atoms with Gasteiger partial charge in [-0.3, -0.25) is 0 Å². The lowest BCUT2D eigenvalue weighted by Gasteiger charge is -2.17. The fourth-order valence-electron chi connectivity index (χ4n) is 1.99. The van der Waals surface area contributed by atoms with Crippen LogP contribution < -0.4 is 14.8 Å². The fourth-order valence-corrected chi connectivity index (χ4v) is 1.99. The highest BCUT2D eigenvalue weighted by Gasteiger charge is 2.14. The molecule has 0 heterocycles. The second-order valence-electron chi connectivity index (χ2n) is 4.73. The number of benzene rings is 1. The highest BCUT2D eigenvalue weighted by molar-refractivity contribution is 5.41. The molecule has 0 aliphatic carbocycles. The average Bonchev–Trinajstić information content (AvgIpc) is 2.50. The molecule has 1 aromatic carbocycles. The van der Waals surface area contributed by atoms with Gasteiger partial charge in [-0.25, -0.2) is 0 Å². The number of hydrogen-bond donors (Lipinski definition) is 3. The van der Waals surface area contributed by atoms with Crippen molar-refractivity contribution < 1.29 is 24.4 Å². The van der Waals surface area contributed by atoms with E-state index in [0.717, 1.165) is 0 Å². The second kappa shape index (κ2) is 9.57. The zero-order valence-corrected chi connectivity index (χ0v) is 12.8. The van der Waals surface area contributed by atoms with Gasteiger partial charge in [-0.1, -0.05) is 0 Å². The lowest BCUT2D eigenvalue weighted by Crippen LogP contribution is -2.27. The molecular formula is C15H25NO5. The average molecular weight is 299 g/mol.